The van der Waals surface area contributed by atoms with Gasteiger partial charge in [0, 0.05) is 0 Å². The van der Waals surface area contributed by atoms with Gasteiger partial charge in [-0.05, 0) is 27.7 Å². The van der Waals surface area contributed by atoms with E-state index < -0.39 is 5.97 Å². The first-order chi connectivity index (χ1) is 6.81. The summed E-state index contributed by atoms with van der Waals surface area (Å²) in [4.78, 5) is 10.9. The summed E-state index contributed by atoms with van der Waals surface area (Å²) in [6.07, 6.45) is 0. The van der Waals surface area contributed by atoms with Crippen LogP contribution in [0.15, 0.2) is 4.52 Å². The lowest BCUT2D eigenvalue weighted by Crippen LogP contribution is -2.19. The van der Waals surface area contributed by atoms with Crippen LogP contribution in [0.5, 0.6) is 0 Å². The Bertz CT molecular complexity index is 362. The van der Waals surface area contributed by atoms with Crippen molar-refractivity contribution in [3.8, 4) is 0 Å². The van der Waals surface area contributed by atoms with Crippen molar-refractivity contribution in [3.63, 3.8) is 0 Å². The standard InChI is InChI=1S/C10H15NO4/c1-6-8(9(12)13)7(15-11-6)5-14-10(2,3)4/h5H2,1-4H3,(H,12,13). The molecule has 0 atom stereocenters. The maximum atomic E-state index is 10.9. The summed E-state index contributed by atoms with van der Waals surface area (Å²) in [5, 5.41) is 12.5. The van der Waals surface area contributed by atoms with E-state index in [4.69, 9.17) is 14.4 Å². The van der Waals surface area contributed by atoms with E-state index in [1.807, 2.05) is 20.8 Å². The van der Waals surface area contributed by atoms with Gasteiger partial charge in [0.1, 0.15) is 12.2 Å². The molecule has 0 bridgehead atoms. The van der Waals surface area contributed by atoms with Crippen LogP contribution in [-0.4, -0.2) is 21.8 Å². The maximum Gasteiger partial charge on any atom is 0.341 e. The van der Waals surface area contributed by atoms with Crippen molar-refractivity contribution in [2.75, 3.05) is 0 Å². The molecule has 0 amide bonds. The average Bonchev–Trinajstić information content (AvgIpc) is 2.42. The molecule has 0 fully saturated rings. The van der Waals surface area contributed by atoms with E-state index in [0.717, 1.165) is 0 Å². The molecule has 5 nitrogen and oxygen atoms in total. The third-order valence-electron chi connectivity index (χ3n) is 1.78. The Kier molecular flexibility index (Phi) is 3.14. The zero-order chi connectivity index (χ0) is 11.6. The molecule has 0 radical (unpaired) electrons. The molecule has 1 aromatic rings. The lowest BCUT2D eigenvalue weighted by molar-refractivity contribution is -0.0246. The molecule has 1 N–H and O–H groups in total. The van der Waals surface area contributed by atoms with Crippen molar-refractivity contribution >= 4 is 5.97 Å². The van der Waals surface area contributed by atoms with Crippen LogP contribution in [0, 0.1) is 6.92 Å². The molecular formula is C10H15NO4. The molecule has 15 heavy (non-hydrogen) atoms. The van der Waals surface area contributed by atoms with Gasteiger partial charge in [0.2, 0.25) is 0 Å². The Balaban J connectivity index is 2.82. The first-order valence-corrected chi connectivity index (χ1v) is 4.63. The van der Waals surface area contributed by atoms with Gasteiger partial charge in [0.05, 0.1) is 11.3 Å². The van der Waals surface area contributed by atoms with Crippen LogP contribution < -0.4 is 0 Å². The molecule has 0 aliphatic carbocycles. The molecule has 1 rings (SSSR count). The zero-order valence-corrected chi connectivity index (χ0v) is 9.33. The number of aromatic nitrogens is 1. The van der Waals surface area contributed by atoms with Gasteiger partial charge in [0.25, 0.3) is 0 Å². The summed E-state index contributed by atoms with van der Waals surface area (Å²) in [5.41, 5.74) is 0.130. The van der Waals surface area contributed by atoms with Crippen LogP contribution in [0.2, 0.25) is 0 Å². The highest BCUT2D eigenvalue weighted by atomic mass is 16.5. The van der Waals surface area contributed by atoms with Crippen molar-refractivity contribution < 1.29 is 19.2 Å². The second-order valence-electron chi connectivity index (χ2n) is 4.27. The van der Waals surface area contributed by atoms with Crippen LogP contribution >= 0.6 is 0 Å². The number of aryl methyl sites for hydroxylation is 1. The molecule has 0 spiro atoms. The highest BCUT2D eigenvalue weighted by molar-refractivity contribution is 5.89. The van der Waals surface area contributed by atoms with Gasteiger partial charge in [-0.25, -0.2) is 4.79 Å². The van der Waals surface area contributed by atoms with Gasteiger partial charge in [0.15, 0.2) is 5.76 Å². The molecule has 0 aliphatic heterocycles. The number of hydrogen-bond donors (Lipinski definition) is 1. The van der Waals surface area contributed by atoms with Gasteiger partial charge in [-0.3, -0.25) is 0 Å². The number of rotatable bonds is 3. The van der Waals surface area contributed by atoms with E-state index in [0.29, 0.717) is 5.69 Å². The Labute approximate surface area is 88.0 Å². The number of hydrogen-bond acceptors (Lipinski definition) is 4. The predicted molar refractivity (Wildman–Crippen MR) is 52.7 cm³/mol. The number of aromatic carboxylic acids is 1. The summed E-state index contributed by atoms with van der Waals surface area (Å²) in [6.45, 7) is 7.36. The van der Waals surface area contributed by atoms with Crippen LogP contribution in [0.3, 0.4) is 0 Å². The fourth-order valence-electron chi connectivity index (χ4n) is 1.07. The molecule has 0 unspecified atom stereocenters. The van der Waals surface area contributed by atoms with Crippen LogP contribution in [-0.2, 0) is 11.3 Å². The van der Waals surface area contributed by atoms with Gasteiger partial charge in [-0.2, -0.15) is 0 Å². The highest BCUT2D eigenvalue weighted by Gasteiger charge is 2.21. The normalized spacial score (nSPS) is 11.7. The fourth-order valence-corrected chi connectivity index (χ4v) is 1.07. The van der Waals surface area contributed by atoms with Gasteiger partial charge in [-0.15, -0.1) is 0 Å². The lowest BCUT2D eigenvalue weighted by Gasteiger charge is -2.18. The highest BCUT2D eigenvalue weighted by Crippen LogP contribution is 2.17. The summed E-state index contributed by atoms with van der Waals surface area (Å²) in [7, 11) is 0. The van der Waals surface area contributed by atoms with E-state index in [-0.39, 0.29) is 23.5 Å². The van der Waals surface area contributed by atoms with Crippen molar-refractivity contribution in [1.29, 1.82) is 0 Å². The van der Waals surface area contributed by atoms with Gasteiger partial charge >= 0.3 is 5.97 Å². The SMILES string of the molecule is Cc1noc(COC(C)(C)C)c1C(=O)O. The van der Waals surface area contributed by atoms with Gasteiger partial charge < -0.3 is 14.4 Å². The molecule has 0 saturated carbocycles. The minimum atomic E-state index is -1.04. The van der Waals surface area contributed by atoms with Crippen molar-refractivity contribution in [2.45, 2.75) is 39.9 Å². The van der Waals surface area contributed by atoms with Crippen LogP contribution in [0.4, 0.5) is 0 Å². The van der Waals surface area contributed by atoms with Crippen LogP contribution in [0.25, 0.3) is 0 Å². The molecule has 0 aliphatic rings. The maximum absolute atomic E-state index is 10.9. The summed E-state index contributed by atoms with van der Waals surface area (Å²) < 4.78 is 10.3. The molecular weight excluding hydrogens is 198 g/mol. The number of nitrogens with zero attached hydrogens (tertiary/aromatic N) is 1. The zero-order valence-electron chi connectivity index (χ0n) is 9.33. The number of carboxylic acid groups (broad SMARTS) is 1. The van der Waals surface area contributed by atoms with E-state index in [1.54, 1.807) is 6.92 Å². The summed E-state index contributed by atoms with van der Waals surface area (Å²) in [5.74, 6) is -0.781. The minimum Gasteiger partial charge on any atom is -0.477 e. The quantitative estimate of drug-likeness (QED) is 0.831. The Morgan fingerprint density at radius 1 is 1.53 bits per heavy atom. The van der Waals surface area contributed by atoms with Gasteiger partial charge in [-0.1, -0.05) is 5.16 Å². The Morgan fingerprint density at radius 3 is 2.60 bits per heavy atom. The Morgan fingerprint density at radius 2 is 2.13 bits per heavy atom. The number of carbonyl (C=O) groups is 1. The van der Waals surface area contributed by atoms with E-state index >= 15 is 0 Å². The average molecular weight is 213 g/mol. The topological polar surface area (TPSA) is 72.6 Å². The van der Waals surface area contributed by atoms with Crippen LogP contribution in [0.1, 0.15) is 42.6 Å². The smallest absolute Gasteiger partial charge is 0.341 e. The Hall–Kier alpha value is -1.36. The van der Waals surface area contributed by atoms with E-state index in [2.05, 4.69) is 5.16 Å². The largest absolute Gasteiger partial charge is 0.477 e. The second kappa shape index (κ2) is 4.02. The fraction of sp³-hybridized carbons (Fsp3) is 0.600. The first kappa shape index (κ1) is 11.7. The molecule has 5 heteroatoms. The third-order valence-corrected chi connectivity index (χ3v) is 1.78. The lowest BCUT2D eigenvalue weighted by atomic mass is 10.2. The van der Waals surface area contributed by atoms with Crippen molar-refractivity contribution in [1.82, 2.24) is 5.16 Å². The van der Waals surface area contributed by atoms with E-state index in [1.165, 1.54) is 0 Å². The van der Waals surface area contributed by atoms with Crippen molar-refractivity contribution in [3.05, 3.63) is 17.0 Å². The van der Waals surface area contributed by atoms with E-state index in [9.17, 15) is 4.79 Å². The molecule has 84 valence electrons. The summed E-state index contributed by atoms with van der Waals surface area (Å²) >= 11 is 0. The second-order valence-corrected chi connectivity index (χ2v) is 4.27. The third kappa shape index (κ3) is 3.06. The number of carboxylic acids is 1. The molecule has 1 heterocycles. The molecule has 0 saturated heterocycles. The molecule has 1 aromatic heterocycles. The number of ether oxygens (including phenoxy) is 1. The predicted octanol–water partition coefficient (Wildman–Crippen LogP) is 2.00. The monoisotopic (exact) mass is 213 g/mol. The first-order valence-electron chi connectivity index (χ1n) is 4.63. The van der Waals surface area contributed by atoms with Crippen molar-refractivity contribution in [2.24, 2.45) is 0 Å². The minimum absolute atomic E-state index is 0.0965. The molecule has 0 aromatic carbocycles. The summed E-state index contributed by atoms with van der Waals surface area (Å²) in [6, 6.07) is 0.